The van der Waals surface area contributed by atoms with Crippen molar-refractivity contribution in [3.8, 4) is 11.5 Å². The molecule has 0 aliphatic carbocycles. The van der Waals surface area contributed by atoms with Crippen LogP contribution in [0.4, 0.5) is 5.69 Å². The van der Waals surface area contributed by atoms with Crippen molar-refractivity contribution in [1.29, 1.82) is 0 Å². The summed E-state index contributed by atoms with van der Waals surface area (Å²) in [7, 11) is 1.65. The van der Waals surface area contributed by atoms with Crippen LogP contribution in [0.25, 0.3) is 10.9 Å². The van der Waals surface area contributed by atoms with Crippen LogP contribution in [0.2, 0.25) is 0 Å². The van der Waals surface area contributed by atoms with E-state index in [0.717, 1.165) is 70.8 Å². The molecule has 0 fully saturated rings. The molecule has 0 saturated carbocycles. The Hall–Kier alpha value is -4.00. The Bertz CT molecular complexity index is 1380. The summed E-state index contributed by atoms with van der Waals surface area (Å²) in [5, 5.41) is 4.44. The first kappa shape index (κ1) is 24.7. The fourth-order valence-electron chi connectivity index (χ4n) is 4.97. The van der Waals surface area contributed by atoms with E-state index in [1.807, 2.05) is 61.7 Å². The summed E-state index contributed by atoms with van der Waals surface area (Å²) in [6, 6.07) is 19.9. The van der Waals surface area contributed by atoms with Crippen LogP contribution in [0.15, 0.2) is 66.9 Å². The molecule has 5 rings (SSSR count). The van der Waals surface area contributed by atoms with Gasteiger partial charge < -0.3 is 24.1 Å². The lowest BCUT2D eigenvalue weighted by Gasteiger charge is -2.22. The number of esters is 1. The number of fused-ring (bicyclic) bond motifs is 2. The molecule has 0 bridgehead atoms. The minimum Gasteiger partial charge on any atom is -0.496 e. The number of benzene rings is 2. The molecule has 1 N–H and O–H groups in total. The molecule has 2 aromatic carbocycles. The van der Waals surface area contributed by atoms with Gasteiger partial charge in [-0.25, -0.2) is 0 Å². The molecule has 192 valence electrons. The molecule has 7 heteroatoms. The van der Waals surface area contributed by atoms with Gasteiger partial charge in [0.2, 0.25) is 0 Å². The second-order valence-electron chi connectivity index (χ2n) is 9.14. The SMILES string of the molecule is CCOC(=O)CC(c1ccccc1OC)n1ccc2cc(OCCc3ccc4c(n3)CCCN4)ccc21. The van der Waals surface area contributed by atoms with Crippen molar-refractivity contribution in [2.45, 2.75) is 38.6 Å². The predicted octanol–water partition coefficient (Wildman–Crippen LogP) is 5.57. The molecule has 1 aliphatic heterocycles. The van der Waals surface area contributed by atoms with Crippen LogP contribution >= 0.6 is 0 Å². The van der Waals surface area contributed by atoms with Gasteiger partial charge in [-0.1, -0.05) is 18.2 Å². The van der Waals surface area contributed by atoms with Gasteiger partial charge in [-0.05, 0) is 62.2 Å². The first-order valence-electron chi connectivity index (χ1n) is 12.9. The third-order valence-corrected chi connectivity index (χ3v) is 6.76. The van der Waals surface area contributed by atoms with E-state index in [1.165, 1.54) is 0 Å². The zero-order chi connectivity index (χ0) is 25.6. The molecule has 37 heavy (non-hydrogen) atoms. The van der Waals surface area contributed by atoms with E-state index in [1.54, 1.807) is 7.11 Å². The van der Waals surface area contributed by atoms with Gasteiger partial charge in [-0.2, -0.15) is 0 Å². The molecule has 1 atom stereocenters. The monoisotopic (exact) mass is 499 g/mol. The van der Waals surface area contributed by atoms with Gasteiger partial charge in [-0.3, -0.25) is 9.78 Å². The number of para-hydroxylation sites is 1. The molecule has 0 saturated heterocycles. The summed E-state index contributed by atoms with van der Waals surface area (Å²) in [4.78, 5) is 17.3. The van der Waals surface area contributed by atoms with Gasteiger partial charge in [-0.15, -0.1) is 0 Å². The van der Waals surface area contributed by atoms with E-state index >= 15 is 0 Å². The standard InChI is InChI=1S/C30H33N3O4/c1-3-36-30(34)20-28(24-7-4-5-9-29(24)35-2)33-17-14-21-19-23(11-13-27(21)33)37-18-15-22-10-12-25-26(32-22)8-6-16-31-25/h4-5,7,9-14,17,19,28,31H,3,6,8,15-16,18,20H2,1-2H3. The maximum absolute atomic E-state index is 12.5. The highest BCUT2D eigenvalue weighted by Gasteiger charge is 2.23. The molecule has 1 unspecified atom stereocenters. The third-order valence-electron chi connectivity index (χ3n) is 6.76. The lowest BCUT2D eigenvalue weighted by Crippen LogP contribution is -2.17. The fraction of sp³-hybridized carbons (Fsp3) is 0.333. The number of nitrogens with zero attached hydrogens (tertiary/aromatic N) is 2. The number of aryl methyl sites for hydroxylation is 1. The Kier molecular flexibility index (Phi) is 7.59. The smallest absolute Gasteiger partial charge is 0.308 e. The van der Waals surface area contributed by atoms with Crippen LogP contribution in [-0.2, 0) is 22.4 Å². The topological polar surface area (TPSA) is 74.6 Å². The van der Waals surface area contributed by atoms with Crippen molar-refractivity contribution < 1.29 is 19.0 Å². The number of pyridine rings is 1. The van der Waals surface area contributed by atoms with E-state index in [9.17, 15) is 4.79 Å². The molecular formula is C30H33N3O4. The highest BCUT2D eigenvalue weighted by Crippen LogP contribution is 2.34. The number of methoxy groups -OCH3 is 1. The predicted molar refractivity (Wildman–Crippen MR) is 145 cm³/mol. The molecule has 0 radical (unpaired) electrons. The number of anilines is 1. The zero-order valence-electron chi connectivity index (χ0n) is 21.4. The van der Waals surface area contributed by atoms with Crippen molar-refractivity contribution in [2.24, 2.45) is 0 Å². The molecular weight excluding hydrogens is 466 g/mol. The highest BCUT2D eigenvalue weighted by atomic mass is 16.5. The van der Waals surface area contributed by atoms with E-state index < -0.39 is 0 Å². The van der Waals surface area contributed by atoms with Crippen molar-refractivity contribution >= 4 is 22.6 Å². The minimum absolute atomic E-state index is 0.208. The lowest BCUT2D eigenvalue weighted by molar-refractivity contribution is -0.143. The van der Waals surface area contributed by atoms with Gasteiger partial charge in [0.1, 0.15) is 11.5 Å². The van der Waals surface area contributed by atoms with Gasteiger partial charge in [0.25, 0.3) is 0 Å². The summed E-state index contributed by atoms with van der Waals surface area (Å²) in [5.41, 5.74) is 5.30. The molecule has 0 spiro atoms. The van der Waals surface area contributed by atoms with Crippen LogP contribution in [0.3, 0.4) is 0 Å². The molecule has 7 nitrogen and oxygen atoms in total. The summed E-state index contributed by atoms with van der Waals surface area (Å²) in [6.07, 6.45) is 5.12. The Balaban J connectivity index is 1.33. The molecule has 0 amide bonds. The van der Waals surface area contributed by atoms with Gasteiger partial charge in [0.15, 0.2) is 0 Å². The van der Waals surface area contributed by atoms with E-state index in [4.69, 9.17) is 19.2 Å². The number of ether oxygens (including phenoxy) is 3. The summed E-state index contributed by atoms with van der Waals surface area (Å²) < 4.78 is 19.1. The number of aromatic nitrogens is 2. The first-order valence-corrected chi connectivity index (χ1v) is 12.9. The van der Waals surface area contributed by atoms with E-state index in [-0.39, 0.29) is 18.4 Å². The number of carbonyl (C=O) groups excluding carboxylic acids is 1. The maximum atomic E-state index is 12.5. The number of nitrogens with one attached hydrogen (secondary N) is 1. The lowest BCUT2D eigenvalue weighted by atomic mass is 10.0. The third kappa shape index (κ3) is 5.56. The largest absolute Gasteiger partial charge is 0.496 e. The maximum Gasteiger partial charge on any atom is 0.308 e. The second kappa shape index (κ2) is 11.4. The van der Waals surface area contributed by atoms with E-state index in [2.05, 4.69) is 22.0 Å². The average Bonchev–Trinajstić information content (AvgIpc) is 3.35. The summed E-state index contributed by atoms with van der Waals surface area (Å²) in [6.45, 7) is 3.74. The van der Waals surface area contributed by atoms with Crippen molar-refractivity contribution in [3.05, 3.63) is 83.8 Å². The average molecular weight is 500 g/mol. The van der Waals surface area contributed by atoms with Crippen LogP contribution < -0.4 is 14.8 Å². The van der Waals surface area contributed by atoms with Crippen molar-refractivity contribution in [2.75, 3.05) is 32.2 Å². The van der Waals surface area contributed by atoms with Gasteiger partial charge >= 0.3 is 5.97 Å². The van der Waals surface area contributed by atoms with Gasteiger partial charge in [0, 0.05) is 41.3 Å². The summed E-state index contributed by atoms with van der Waals surface area (Å²) >= 11 is 0. The Morgan fingerprint density at radius 2 is 2.03 bits per heavy atom. The Morgan fingerprint density at radius 3 is 2.89 bits per heavy atom. The quantitative estimate of drug-likeness (QED) is 0.288. The van der Waals surface area contributed by atoms with Crippen LogP contribution in [0.5, 0.6) is 11.5 Å². The molecule has 3 heterocycles. The number of carbonyl (C=O) groups is 1. The minimum atomic E-state index is -0.260. The number of rotatable bonds is 10. The van der Waals surface area contributed by atoms with Crippen LogP contribution in [0.1, 0.15) is 42.8 Å². The number of hydrogen-bond acceptors (Lipinski definition) is 6. The molecule has 1 aliphatic rings. The van der Waals surface area contributed by atoms with Crippen molar-refractivity contribution in [3.63, 3.8) is 0 Å². The fourth-order valence-corrected chi connectivity index (χ4v) is 4.97. The first-order chi connectivity index (χ1) is 18.2. The van der Waals surface area contributed by atoms with Crippen LogP contribution in [-0.4, -0.2) is 42.4 Å². The summed E-state index contributed by atoms with van der Waals surface area (Å²) in [5.74, 6) is 1.31. The normalized spacial score (nSPS) is 13.5. The second-order valence-corrected chi connectivity index (χ2v) is 9.14. The molecule has 4 aromatic rings. The zero-order valence-corrected chi connectivity index (χ0v) is 21.4. The van der Waals surface area contributed by atoms with Gasteiger partial charge in [0.05, 0.1) is 44.2 Å². The Morgan fingerprint density at radius 1 is 1.14 bits per heavy atom. The van der Waals surface area contributed by atoms with Crippen LogP contribution in [0, 0.1) is 0 Å². The van der Waals surface area contributed by atoms with E-state index in [0.29, 0.717) is 13.2 Å². The molecule has 2 aromatic heterocycles. The highest BCUT2D eigenvalue weighted by molar-refractivity contribution is 5.82. The van der Waals surface area contributed by atoms with Crippen molar-refractivity contribution in [1.82, 2.24) is 9.55 Å². The Labute approximate surface area is 217 Å². The number of hydrogen-bond donors (Lipinski definition) is 1.